The number of nitrogens with zero attached hydrogens (tertiary/aromatic N) is 4. The number of hydrogen-bond donors (Lipinski definition) is 1. The third-order valence-electron chi connectivity index (χ3n) is 3.47. The number of ketones is 1. The highest BCUT2D eigenvalue weighted by Crippen LogP contribution is 2.24. The number of nitrogens with two attached hydrogens (primary N) is 1. The van der Waals surface area contributed by atoms with Crippen molar-refractivity contribution in [3.63, 3.8) is 0 Å². The molecule has 0 atom stereocenters. The summed E-state index contributed by atoms with van der Waals surface area (Å²) < 4.78 is 11.1. The van der Waals surface area contributed by atoms with Crippen LogP contribution in [0.5, 0.6) is 5.75 Å². The zero-order chi connectivity index (χ0) is 20.0. The number of anilines is 2. The number of Topliss-reactive ketones (excluding diaryl/α,β-unsaturated/α-hetero) is 1. The molecule has 2 rings (SSSR count). The minimum Gasteiger partial charge on any atom is -0.496 e. The second-order valence-corrected chi connectivity index (χ2v) is 6.65. The highest BCUT2D eigenvalue weighted by atomic mass is 79.9. The fourth-order valence-electron chi connectivity index (χ4n) is 2.16. The number of ether oxygens (including phenoxy) is 2. The number of benzene rings is 1. The summed E-state index contributed by atoms with van der Waals surface area (Å²) in [6.07, 6.45) is -0.0798. The molecule has 1 aromatic carbocycles. The number of carbonyl (C=O) groups is 2. The van der Waals surface area contributed by atoms with Crippen molar-refractivity contribution in [3.8, 4) is 5.75 Å². The van der Waals surface area contributed by atoms with E-state index in [4.69, 9.17) is 15.2 Å². The van der Waals surface area contributed by atoms with Crippen LogP contribution in [0.25, 0.3) is 0 Å². The molecule has 0 aliphatic rings. The first kappa shape index (κ1) is 20.6. The van der Waals surface area contributed by atoms with Crippen molar-refractivity contribution >= 4 is 39.6 Å². The van der Waals surface area contributed by atoms with E-state index in [1.165, 1.54) is 7.11 Å². The van der Waals surface area contributed by atoms with E-state index in [2.05, 4.69) is 30.9 Å². The van der Waals surface area contributed by atoms with Gasteiger partial charge < -0.3 is 20.1 Å². The van der Waals surface area contributed by atoms with Gasteiger partial charge in [0, 0.05) is 25.0 Å². The molecule has 0 aliphatic carbocycles. The Labute approximate surface area is 165 Å². The van der Waals surface area contributed by atoms with Crippen LogP contribution in [-0.2, 0) is 16.1 Å². The van der Waals surface area contributed by atoms with Gasteiger partial charge in [0.15, 0.2) is 18.2 Å². The number of rotatable bonds is 8. The summed E-state index contributed by atoms with van der Waals surface area (Å²) in [5, 5.41) is 0. The van der Waals surface area contributed by atoms with Gasteiger partial charge in [0.1, 0.15) is 5.75 Å². The SMILES string of the molecule is COc1ccc(Br)cc1C(=O)CCC(=O)OCc1nc(N)nc(N(C)C)n1. The van der Waals surface area contributed by atoms with Gasteiger partial charge in [0.25, 0.3) is 0 Å². The first-order valence-corrected chi connectivity index (χ1v) is 8.79. The van der Waals surface area contributed by atoms with Crippen molar-refractivity contribution in [2.45, 2.75) is 19.4 Å². The van der Waals surface area contributed by atoms with Gasteiger partial charge >= 0.3 is 5.97 Å². The first-order chi connectivity index (χ1) is 12.8. The quantitative estimate of drug-likeness (QED) is 0.487. The van der Waals surface area contributed by atoms with Crippen LogP contribution in [0.4, 0.5) is 11.9 Å². The van der Waals surface area contributed by atoms with Crippen molar-refractivity contribution in [1.29, 1.82) is 0 Å². The molecule has 1 heterocycles. The molecule has 0 spiro atoms. The lowest BCUT2D eigenvalue weighted by atomic mass is 10.1. The first-order valence-electron chi connectivity index (χ1n) is 8.00. The van der Waals surface area contributed by atoms with Gasteiger partial charge in [-0.25, -0.2) is 0 Å². The van der Waals surface area contributed by atoms with Crippen LogP contribution < -0.4 is 15.4 Å². The molecule has 0 amide bonds. The molecule has 0 saturated carbocycles. The molecule has 2 N–H and O–H groups in total. The molecule has 1 aromatic heterocycles. The van der Waals surface area contributed by atoms with Gasteiger partial charge in [-0.2, -0.15) is 15.0 Å². The van der Waals surface area contributed by atoms with E-state index in [0.29, 0.717) is 17.3 Å². The van der Waals surface area contributed by atoms with E-state index in [9.17, 15) is 9.59 Å². The molecule has 10 heteroatoms. The lowest BCUT2D eigenvalue weighted by molar-refractivity contribution is -0.145. The Balaban J connectivity index is 1.92. The Morgan fingerprint density at radius 2 is 1.93 bits per heavy atom. The maximum Gasteiger partial charge on any atom is 0.306 e. The van der Waals surface area contributed by atoms with E-state index in [1.54, 1.807) is 37.2 Å². The topological polar surface area (TPSA) is 121 Å². The fraction of sp³-hybridized carbons (Fsp3) is 0.353. The van der Waals surface area contributed by atoms with Crippen LogP contribution in [-0.4, -0.2) is 47.9 Å². The maximum absolute atomic E-state index is 12.4. The third-order valence-corrected chi connectivity index (χ3v) is 3.96. The average molecular weight is 438 g/mol. The van der Waals surface area contributed by atoms with Gasteiger partial charge in [0.05, 0.1) is 19.1 Å². The Bertz CT molecular complexity index is 844. The van der Waals surface area contributed by atoms with Crippen molar-refractivity contribution in [2.75, 3.05) is 31.8 Å². The number of aromatic nitrogens is 3. The lowest BCUT2D eigenvalue weighted by Crippen LogP contribution is -2.17. The normalized spacial score (nSPS) is 10.4. The zero-order valence-corrected chi connectivity index (χ0v) is 16.8. The monoisotopic (exact) mass is 437 g/mol. The van der Waals surface area contributed by atoms with Crippen LogP contribution in [0, 0.1) is 0 Å². The second kappa shape index (κ2) is 9.26. The average Bonchev–Trinajstić information content (AvgIpc) is 2.63. The minimum absolute atomic E-state index is 0.00602. The van der Waals surface area contributed by atoms with E-state index in [0.717, 1.165) is 4.47 Å². The number of nitrogen functional groups attached to an aromatic ring is 1. The van der Waals surface area contributed by atoms with Crippen LogP contribution >= 0.6 is 15.9 Å². The summed E-state index contributed by atoms with van der Waals surface area (Å²) in [5.74, 6) is 0.335. The molecule has 144 valence electrons. The number of hydrogen-bond acceptors (Lipinski definition) is 9. The van der Waals surface area contributed by atoms with Crippen molar-refractivity contribution < 1.29 is 19.1 Å². The van der Waals surface area contributed by atoms with E-state index < -0.39 is 5.97 Å². The van der Waals surface area contributed by atoms with Gasteiger partial charge in [-0.3, -0.25) is 9.59 Å². The summed E-state index contributed by atoms with van der Waals surface area (Å²) in [7, 11) is 5.00. The molecule has 9 nitrogen and oxygen atoms in total. The number of halogens is 1. The summed E-state index contributed by atoms with van der Waals surface area (Å²) >= 11 is 3.31. The summed E-state index contributed by atoms with van der Waals surface area (Å²) in [6.45, 7) is -0.152. The predicted octanol–water partition coefficient (Wildman–Crippen LogP) is 2.00. The molecule has 0 radical (unpaired) electrons. The predicted molar refractivity (Wildman–Crippen MR) is 103 cm³/mol. The molecule has 0 fully saturated rings. The van der Waals surface area contributed by atoms with Gasteiger partial charge in [0.2, 0.25) is 11.9 Å². The Morgan fingerprint density at radius 3 is 2.59 bits per heavy atom. The molecule has 27 heavy (non-hydrogen) atoms. The van der Waals surface area contributed by atoms with Gasteiger partial charge in [-0.1, -0.05) is 15.9 Å². The van der Waals surface area contributed by atoms with E-state index in [-0.39, 0.29) is 37.0 Å². The van der Waals surface area contributed by atoms with E-state index in [1.807, 2.05) is 0 Å². The van der Waals surface area contributed by atoms with Crippen LogP contribution in [0.2, 0.25) is 0 Å². The summed E-state index contributed by atoms with van der Waals surface area (Å²) in [5.41, 5.74) is 6.02. The standard InChI is InChI=1S/C17H20BrN5O4/c1-23(2)17-21-14(20-16(19)22-17)9-27-15(25)7-5-12(24)11-8-10(18)4-6-13(11)26-3/h4,6,8H,5,7,9H2,1-3H3,(H2,19,20,21,22). The molecular weight excluding hydrogens is 418 g/mol. The molecule has 0 unspecified atom stereocenters. The Morgan fingerprint density at radius 1 is 1.19 bits per heavy atom. The molecule has 0 saturated heterocycles. The van der Waals surface area contributed by atoms with Crippen LogP contribution in [0.3, 0.4) is 0 Å². The highest BCUT2D eigenvalue weighted by Gasteiger charge is 2.16. The van der Waals surface area contributed by atoms with Crippen LogP contribution in [0.15, 0.2) is 22.7 Å². The Kier molecular flexibility index (Phi) is 7.05. The molecule has 0 bridgehead atoms. The van der Waals surface area contributed by atoms with Crippen molar-refractivity contribution in [3.05, 3.63) is 34.1 Å². The Hall–Kier alpha value is -2.75. The smallest absolute Gasteiger partial charge is 0.306 e. The molecule has 0 aliphatic heterocycles. The third kappa shape index (κ3) is 5.88. The van der Waals surface area contributed by atoms with Crippen molar-refractivity contribution in [1.82, 2.24) is 15.0 Å². The molecule has 2 aromatic rings. The number of esters is 1. The molecular formula is C17H20BrN5O4. The van der Waals surface area contributed by atoms with Gasteiger partial charge in [-0.05, 0) is 18.2 Å². The number of carbonyl (C=O) groups excluding carboxylic acids is 2. The lowest BCUT2D eigenvalue weighted by Gasteiger charge is -2.11. The summed E-state index contributed by atoms with van der Waals surface area (Å²) in [6, 6.07) is 5.11. The van der Waals surface area contributed by atoms with Gasteiger partial charge in [-0.15, -0.1) is 0 Å². The maximum atomic E-state index is 12.4. The fourth-order valence-corrected chi connectivity index (χ4v) is 2.52. The second-order valence-electron chi connectivity index (χ2n) is 5.73. The highest BCUT2D eigenvalue weighted by molar-refractivity contribution is 9.10. The van der Waals surface area contributed by atoms with Crippen LogP contribution in [0.1, 0.15) is 29.0 Å². The largest absolute Gasteiger partial charge is 0.496 e. The minimum atomic E-state index is -0.539. The summed E-state index contributed by atoms with van der Waals surface area (Å²) in [4.78, 5) is 38.0. The van der Waals surface area contributed by atoms with E-state index >= 15 is 0 Å². The van der Waals surface area contributed by atoms with Crippen molar-refractivity contribution in [2.24, 2.45) is 0 Å². The zero-order valence-electron chi connectivity index (χ0n) is 15.2. The number of methoxy groups -OCH3 is 1.